The Hall–Kier alpha value is -0.203. The average Bonchev–Trinajstić information content (AvgIpc) is 3.30. The van der Waals surface area contributed by atoms with Crippen LogP contribution in [0.5, 0.6) is 0 Å². The largest absolute Gasteiger partial charge is 0.418 e. The third-order valence-electron chi connectivity index (χ3n) is 6.87. The minimum atomic E-state index is -1.36. The molecule has 2 aliphatic rings. The molecule has 0 amide bonds. The van der Waals surface area contributed by atoms with Gasteiger partial charge in [-0.1, -0.05) is 64.0 Å². The van der Waals surface area contributed by atoms with Crippen LogP contribution in [0.4, 0.5) is 0 Å². The fourth-order valence-corrected chi connectivity index (χ4v) is 5.85. The molecule has 3 unspecified atom stereocenters. The predicted octanol–water partition coefficient (Wildman–Crippen LogP) is 6.84. The molecule has 1 saturated heterocycles. The molecule has 0 bridgehead atoms. The summed E-state index contributed by atoms with van der Waals surface area (Å²) in [5.41, 5.74) is -0.704. The Kier molecular flexibility index (Phi) is 11.2. The quantitative estimate of drug-likeness (QED) is 0.167. The van der Waals surface area contributed by atoms with E-state index in [0.29, 0.717) is 11.8 Å². The van der Waals surface area contributed by atoms with E-state index in [9.17, 15) is 5.11 Å². The summed E-state index contributed by atoms with van der Waals surface area (Å²) in [5, 5.41) is 10.8. The van der Waals surface area contributed by atoms with Crippen molar-refractivity contribution in [1.82, 2.24) is 0 Å². The summed E-state index contributed by atoms with van der Waals surface area (Å²) in [6.45, 7) is 13.3. The molecular formula is C26H50O4Si. The number of unbranched alkanes of at least 4 members (excludes halogenated alkanes) is 6. The van der Waals surface area contributed by atoms with E-state index in [1.54, 1.807) is 0 Å². The van der Waals surface area contributed by atoms with Crippen LogP contribution in [-0.2, 0) is 13.9 Å². The van der Waals surface area contributed by atoms with Crippen molar-refractivity contribution < 1.29 is 19.0 Å². The van der Waals surface area contributed by atoms with Crippen LogP contribution in [0, 0.1) is 11.8 Å². The van der Waals surface area contributed by atoms with Gasteiger partial charge in [-0.05, 0) is 58.2 Å². The van der Waals surface area contributed by atoms with Gasteiger partial charge in [0.1, 0.15) is 0 Å². The maximum atomic E-state index is 10.8. The Balaban J connectivity index is 1.79. The van der Waals surface area contributed by atoms with Crippen molar-refractivity contribution in [3.05, 3.63) is 12.2 Å². The molecule has 0 aromatic carbocycles. The molecule has 2 fully saturated rings. The van der Waals surface area contributed by atoms with Crippen LogP contribution in [0.1, 0.15) is 90.9 Å². The van der Waals surface area contributed by atoms with Gasteiger partial charge in [0.2, 0.25) is 0 Å². The second kappa shape index (κ2) is 12.9. The summed E-state index contributed by atoms with van der Waals surface area (Å²) in [4.78, 5) is 0. The third-order valence-corrected chi connectivity index (χ3v) is 7.94. The Morgan fingerprint density at radius 1 is 1.03 bits per heavy atom. The van der Waals surface area contributed by atoms with Crippen LogP contribution >= 0.6 is 0 Å². The number of hydrogen-bond donors (Lipinski definition) is 1. The van der Waals surface area contributed by atoms with Crippen molar-refractivity contribution in [2.45, 2.75) is 122 Å². The molecule has 1 aliphatic heterocycles. The van der Waals surface area contributed by atoms with E-state index in [2.05, 4.69) is 38.7 Å². The van der Waals surface area contributed by atoms with Crippen molar-refractivity contribution in [3.8, 4) is 0 Å². The highest BCUT2D eigenvalue weighted by Gasteiger charge is 2.51. The first-order valence-electron chi connectivity index (χ1n) is 13.0. The summed E-state index contributed by atoms with van der Waals surface area (Å²) in [6.07, 6.45) is 18.1. The second-order valence-electron chi connectivity index (χ2n) is 11.0. The van der Waals surface area contributed by atoms with Crippen molar-refractivity contribution in [2.24, 2.45) is 11.8 Å². The van der Waals surface area contributed by atoms with Gasteiger partial charge in [0.05, 0.1) is 18.8 Å². The maximum absolute atomic E-state index is 10.8. The fraction of sp³-hybridized carbons (Fsp3) is 0.923. The summed E-state index contributed by atoms with van der Waals surface area (Å²) in [5.74, 6) is 0.489. The molecule has 31 heavy (non-hydrogen) atoms. The highest BCUT2D eigenvalue weighted by atomic mass is 28.4. The first-order valence-corrected chi connectivity index (χ1v) is 16.4. The summed E-state index contributed by atoms with van der Waals surface area (Å²) >= 11 is 0. The van der Waals surface area contributed by atoms with E-state index < -0.39 is 13.9 Å². The van der Waals surface area contributed by atoms with Gasteiger partial charge in [-0.3, -0.25) is 0 Å². The van der Waals surface area contributed by atoms with E-state index >= 15 is 0 Å². The molecular weight excluding hydrogens is 404 g/mol. The second-order valence-corrected chi connectivity index (χ2v) is 15.5. The lowest BCUT2D eigenvalue weighted by atomic mass is 9.85. The smallest absolute Gasteiger partial charge is 0.183 e. The Bertz CT molecular complexity index is 520. The van der Waals surface area contributed by atoms with E-state index in [4.69, 9.17) is 13.9 Å². The maximum Gasteiger partial charge on any atom is 0.183 e. The van der Waals surface area contributed by atoms with E-state index in [1.165, 1.54) is 44.9 Å². The first kappa shape index (κ1) is 27.0. The van der Waals surface area contributed by atoms with Gasteiger partial charge in [-0.25, -0.2) is 0 Å². The van der Waals surface area contributed by atoms with E-state index in [0.717, 1.165) is 51.9 Å². The Morgan fingerprint density at radius 2 is 1.71 bits per heavy atom. The van der Waals surface area contributed by atoms with Gasteiger partial charge < -0.3 is 19.0 Å². The molecule has 4 nitrogen and oxygen atoms in total. The fourth-order valence-electron chi connectivity index (χ4n) is 5.10. The highest BCUT2D eigenvalue weighted by molar-refractivity contribution is 6.69. The van der Waals surface area contributed by atoms with Crippen molar-refractivity contribution in [2.75, 3.05) is 19.8 Å². The summed E-state index contributed by atoms with van der Waals surface area (Å²) in [6, 6.07) is 0. The zero-order valence-corrected chi connectivity index (χ0v) is 22.1. The zero-order valence-electron chi connectivity index (χ0n) is 21.1. The lowest BCUT2D eigenvalue weighted by Gasteiger charge is -2.32. The topological polar surface area (TPSA) is 47.9 Å². The van der Waals surface area contributed by atoms with Gasteiger partial charge >= 0.3 is 0 Å². The molecule has 1 saturated carbocycles. The van der Waals surface area contributed by atoms with Crippen LogP contribution in [0.15, 0.2) is 12.2 Å². The van der Waals surface area contributed by atoms with Gasteiger partial charge in [-0.2, -0.15) is 0 Å². The predicted molar refractivity (Wildman–Crippen MR) is 132 cm³/mol. The lowest BCUT2D eigenvalue weighted by Crippen LogP contribution is -2.36. The summed E-state index contributed by atoms with van der Waals surface area (Å²) in [7, 11) is -1.36. The van der Waals surface area contributed by atoms with Crippen molar-refractivity contribution >= 4 is 8.32 Å². The van der Waals surface area contributed by atoms with Gasteiger partial charge in [0.15, 0.2) is 14.1 Å². The molecule has 5 heteroatoms. The molecule has 3 atom stereocenters. The molecule has 1 heterocycles. The minimum Gasteiger partial charge on any atom is -0.418 e. The monoisotopic (exact) mass is 454 g/mol. The molecule has 2 rings (SSSR count). The standard InChI is InChI=1S/C26H50O4Si/c1-6-7-12-17-25(2,27)18-15-23-16-19-26(28-21-22-29-26)24(23)14-11-9-8-10-13-20-30-31(3,4)5/h15,18,23-24,27H,6-14,16-17,19-22H2,1-5H3. The van der Waals surface area contributed by atoms with E-state index in [-0.39, 0.29) is 5.79 Å². The molecule has 0 radical (unpaired) electrons. The average molecular weight is 455 g/mol. The van der Waals surface area contributed by atoms with Gasteiger partial charge in [0, 0.05) is 18.9 Å². The van der Waals surface area contributed by atoms with Crippen molar-refractivity contribution in [3.63, 3.8) is 0 Å². The summed E-state index contributed by atoms with van der Waals surface area (Å²) < 4.78 is 18.3. The van der Waals surface area contributed by atoms with Crippen LogP contribution in [0.3, 0.4) is 0 Å². The molecule has 1 N–H and O–H groups in total. The van der Waals surface area contributed by atoms with Crippen molar-refractivity contribution in [1.29, 1.82) is 0 Å². The number of aliphatic hydroxyl groups is 1. The molecule has 1 spiro atoms. The number of hydrogen-bond acceptors (Lipinski definition) is 4. The van der Waals surface area contributed by atoms with Gasteiger partial charge in [0.25, 0.3) is 0 Å². The van der Waals surface area contributed by atoms with Gasteiger partial charge in [-0.15, -0.1) is 0 Å². The number of ether oxygens (including phenoxy) is 2. The lowest BCUT2D eigenvalue weighted by molar-refractivity contribution is -0.186. The molecule has 1 aliphatic carbocycles. The Labute approximate surface area is 193 Å². The van der Waals surface area contributed by atoms with Crippen LogP contribution < -0.4 is 0 Å². The third kappa shape index (κ3) is 9.67. The number of rotatable bonds is 15. The van der Waals surface area contributed by atoms with Crippen LogP contribution in [0.25, 0.3) is 0 Å². The molecule has 0 aromatic rings. The molecule has 0 aromatic heterocycles. The number of allylic oxidation sites excluding steroid dienone is 1. The minimum absolute atomic E-state index is 0.367. The van der Waals surface area contributed by atoms with Crippen LogP contribution in [0.2, 0.25) is 19.6 Å². The Morgan fingerprint density at radius 3 is 2.39 bits per heavy atom. The first-order chi connectivity index (χ1) is 14.7. The normalized spacial score (nSPS) is 25.6. The van der Waals surface area contributed by atoms with E-state index in [1.807, 2.05) is 6.92 Å². The zero-order chi connectivity index (χ0) is 22.8. The SMILES string of the molecule is CCCCCC(C)(O)C=CC1CCC2(OCCO2)C1CCCCCCCO[Si](C)(C)C. The highest BCUT2D eigenvalue weighted by Crippen LogP contribution is 2.49. The molecule has 182 valence electrons. The van der Waals surface area contributed by atoms with Crippen LogP contribution in [-0.4, -0.2) is 44.6 Å².